The summed E-state index contributed by atoms with van der Waals surface area (Å²) in [5.41, 5.74) is 3.59. The zero-order chi connectivity index (χ0) is 17.3. The number of amides is 1. The molecule has 1 aromatic heterocycles. The minimum Gasteiger partial charge on any atom is -0.483 e. The first-order valence-corrected chi connectivity index (χ1v) is 9.44. The Morgan fingerprint density at radius 3 is 2.92 bits per heavy atom. The van der Waals surface area contributed by atoms with Gasteiger partial charge in [0, 0.05) is 11.4 Å². The van der Waals surface area contributed by atoms with Crippen LogP contribution in [-0.4, -0.2) is 24.0 Å². The van der Waals surface area contributed by atoms with Gasteiger partial charge in [0.15, 0.2) is 6.61 Å². The highest BCUT2D eigenvalue weighted by molar-refractivity contribution is 7.10. The summed E-state index contributed by atoms with van der Waals surface area (Å²) in [6.07, 6.45) is 0.949. The van der Waals surface area contributed by atoms with Crippen molar-refractivity contribution in [2.24, 2.45) is 0 Å². The van der Waals surface area contributed by atoms with Crippen molar-refractivity contribution in [3.8, 4) is 5.75 Å². The molecule has 0 saturated carbocycles. The number of ether oxygens (including phenoxy) is 1. The van der Waals surface area contributed by atoms with Crippen molar-refractivity contribution < 1.29 is 9.53 Å². The quantitative estimate of drug-likeness (QED) is 0.805. The Labute approximate surface area is 148 Å². The van der Waals surface area contributed by atoms with Gasteiger partial charge >= 0.3 is 0 Å². The summed E-state index contributed by atoms with van der Waals surface area (Å²) in [6, 6.07) is 8.53. The molecule has 0 saturated heterocycles. The average Bonchev–Trinajstić information content (AvgIpc) is 3.03. The van der Waals surface area contributed by atoms with Gasteiger partial charge in [0.25, 0.3) is 5.91 Å². The maximum Gasteiger partial charge on any atom is 0.261 e. The van der Waals surface area contributed by atoms with Gasteiger partial charge in [-0.1, -0.05) is 26.0 Å². The van der Waals surface area contributed by atoms with Crippen molar-refractivity contribution in [1.29, 1.82) is 0 Å². The average molecular weight is 343 g/mol. The van der Waals surface area contributed by atoms with Crippen molar-refractivity contribution >= 4 is 17.2 Å². The number of aryl methyl sites for hydroxylation is 1. The lowest BCUT2D eigenvalue weighted by molar-refractivity contribution is -0.135. The first kappa shape index (κ1) is 17.0. The summed E-state index contributed by atoms with van der Waals surface area (Å²) in [4.78, 5) is 16.0. The van der Waals surface area contributed by atoms with E-state index in [0.29, 0.717) is 5.92 Å². The third-order valence-electron chi connectivity index (χ3n) is 4.83. The molecule has 1 aliphatic rings. The molecule has 3 nitrogen and oxygen atoms in total. The second kappa shape index (κ2) is 6.98. The zero-order valence-electron chi connectivity index (χ0n) is 14.8. The molecule has 2 heterocycles. The molecule has 0 N–H and O–H groups in total. The maximum absolute atomic E-state index is 12.6. The molecule has 0 fully saturated rings. The van der Waals surface area contributed by atoms with Gasteiger partial charge in [-0.25, -0.2) is 0 Å². The standard InChI is InChI=1S/C20H25NO2S/c1-13(2)16-6-5-14(3)18(11-16)23-12-20(22)21-9-7-19-17(15(21)4)8-10-24-19/h5-6,8,10-11,13,15H,7,9,12H2,1-4H3. The lowest BCUT2D eigenvalue weighted by Crippen LogP contribution is -2.40. The van der Waals surface area contributed by atoms with Crippen LogP contribution >= 0.6 is 11.3 Å². The van der Waals surface area contributed by atoms with E-state index in [1.807, 2.05) is 11.8 Å². The van der Waals surface area contributed by atoms with Crippen LogP contribution in [0, 0.1) is 6.92 Å². The fraction of sp³-hybridized carbons (Fsp3) is 0.450. The molecule has 0 aliphatic carbocycles. The minimum atomic E-state index is 0.0636. The summed E-state index contributed by atoms with van der Waals surface area (Å²) < 4.78 is 5.87. The van der Waals surface area contributed by atoms with Gasteiger partial charge in [-0.05, 0) is 60.4 Å². The number of thiophene rings is 1. The van der Waals surface area contributed by atoms with E-state index in [4.69, 9.17) is 4.74 Å². The molecule has 1 unspecified atom stereocenters. The third kappa shape index (κ3) is 3.34. The molecular weight excluding hydrogens is 318 g/mol. The number of rotatable bonds is 4. The van der Waals surface area contributed by atoms with Crippen molar-refractivity contribution in [2.75, 3.05) is 13.2 Å². The normalized spacial score (nSPS) is 17.0. The fourth-order valence-electron chi connectivity index (χ4n) is 3.20. The third-order valence-corrected chi connectivity index (χ3v) is 5.82. The van der Waals surface area contributed by atoms with E-state index in [1.54, 1.807) is 11.3 Å². The second-order valence-corrected chi connectivity index (χ2v) is 7.78. The molecule has 1 atom stereocenters. The second-order valence-electron chi connectivity index (χ2n) is 6.78. The Morgan fingerprint density at radius 2 is 2.17 bits per heavy atom. The van der Waals surface area contributed by atoms with Crippen molar-refractivity contribution in [3.05, 3.63) is 51.2 Å². The van der Waals surface area contributed by atoms with Crippen LogP contribution < -0.4 is 4.74 Å². The molecule has 1 aromatic carbocycles. The Morgan fingerprint density at radius 1 is 1.38 bits per heavy atom. The fourth-order valence-corrected chi connectivity index (χ4v) is 4.17. The molecule has 1 amide bonds. The number of carbonyl (C=O) groups is 1. The van der Waals surface area contributed by atoms with Gasteiger partial charge in [0.2, 0.25) is 0 Å². The zero-order valence-corrected chi connectivity index (χ0v) is 15.7. The predicted molar refractivity (Wildman–Crippen MR) is 98.9 cm³/mol. The monoisotopic (exact) mass is 343 g/mol. The Kier molecular flexibility index (Phi) is 4.95. The number of nitrogens with zero attached hydrogens (tertiary/aromatic N) is 1. The highest BCUT2D eigenvalue weighted by Gasteiger charge is 2.28. The van der Waals surface area contributed by atoms with E-state index in [-0.39, 0.29) is 18.6 Å². The number of fused-ring (bicyclic) bond motifs is 1. The van der Waals surface area contributed by atoms with Crippen LogP contribution in [0.5, 0.6) is 5.75 Å². The number of hydrogen-bond acceptors (Lipinski definition) is 3. The van der Waals surface area contributed by atoms with E-state index in [0.717, 1.165) is 24.3 Å². The van der Waals surface area contributed by atoms with Crippen molar-refractivity contribution in [2.45, 2.75) is 46.1 Å². The molecular formula is C20H25NO2S. The topological polar surface area (TPSA) is 29.5 Å². The van der Waals surface area contributed by atoms with E-state index in [1.165, 1.54) is 16.0 Å². The molecule has 128 valence electrons. The van der Waals surface area contributed by atoms with Gasteiger partial charge in [0.1, 0.15) is 5.75 Å². The maximum atomic E-state index is 12.6. The first-order valence-electron chi connectivity index (χ1n) is 8.56. The van der Waals surface area contributed by atoms with Gasteiger partial charge in [-0.2, -0.15) is 0 Å². The van der Waals surface area contributed by atoms with Gasteiger partial charge < -0.3 is 9.64 Å². The van der Waals surface area contributed by atoms with E-state index in [9.17, 15) is 4.79 Å². The summed E-state index contributed by atoms with van der Waals surface area (Å²) in [6.45, 7) is 9.33. The molecule has 3 rings (SSSR count). The molecule has 4 heteroatoms. The van der Waals surface area contributed by atoms with Gasteiger partial charge in [-0.3, -0.25) is 4.79 Å². The van der Waals surface area contributed by atoms with Crippen LogP contribution in [0.1, 0.15) is 54.3 Å². The summed E-state index contributed by atoms with van der Waals surface area (Å²) in [5.74, 6) is 1.33. The minimum absolute atomic E-state index is 0.0636. The van der Waals surface area contributed by atoms with Crippen LogP contribution in [0.3, 0.4) is 0 Å². The lowest BCUT2D eigenvalue weighted by atomic mass is 10.0. The van der Waals surface area contributed by atoms with E-state index < -0.39 is 0 Å². The Hall–Kier alpha value is -1.81. The molecule has 0 radical (unpaired) electrons. The Balaban J connectivity index is 1.67. The Bertz CT molecular complexity index is 735. The highest BCUT2D eigenvalue weighted by atomic mass is 32.1. The number of benzene rings is 1. The highest BCUT2D eigenvalue weighted by Crippen LogP contribution is 2.33. The molecule has 1 aliphatic heterocycles. The van der Waals surface area contributed by atoms with Crippen LogP contribution in [0.4, 0.5) is 0 Å². The van der Waals surface area contributed by atoms with Crippen molar-refractivity contribution in [1.82, 2.24) is 4.90 Å². The largest absolute Gasteiger partial charge is 0.483 e. The van der Waals surface area contributed by atoms with Crippen molar-refractivity contribution in [3.63, 3.8) is 0 Å². The molecule has 2 aromatic rings. The number of carbonyl (C=O) groups excluding carboxylic acids is 1. The van der Waals surface area contributed by atoms with Crippen LogP contribution in [0.25, 0.3) is 0 Å². The van der Waals surface area contributed by atoms with Gasteiger partial charge in [-0.15, -0.1) is 11.3 Å². The van der Waals surface area contributed by atoms with Crippen LogP contribution in [-0.2, 0) is 11.2 Å². The first-order chi connectivity index (χ1) is 11.5. The molecule has 0 bridgehead atoms. The molecule has 0 spiro atoms. The van der Waals surface area contributed by atoms with E-state index in [2.05, 4.69) is 50.4 Å². The number of hydrogen-bond donors (Lipinski definition) is 0. The summed E-state index contributed by atoms with van der Waals surface area (Å²) in [5, 5.41) is 2.12. The lowest BCUT2D eigenvalue weighted by Gasteiger charge is -2.33. The van der Waals surface area contributed by atoms with E-state index >= 15 is 0 Å². The summed E-state index contributed by atoms with van der Waals surface area (Å²) >= 11 is 1.79. The SMILES string of the molecule is Cc1ccc(C(C)C)cc1OCC(=O)N1CCc2sccc2C1C. The molecule has 24 heavy (non-hydrogen) atoms. The van der Waals surface area contributed by atoms with Crippen LogP contribution in [0.2, 0.25) is 0 Å². The summed E-state index contributed by atoms with van der Waals surface area (Å²) in [7, 11) is 0. The smallest absolute Gasteiger partial charge is 0.261 e. The predicted octanol–water partition coefficient (Wildman–Crippen LogP) is 4.70. The van der Waals surface area contributed by atoms with Gasteiger partial charge in [0.05, 0.1) is 6.04 Å². The van der Waals surface area contributed by atoms with Crippen LogP contribution in [0.15, 0.2) is 29.6 Å².